The number of ether oxygens (including phenoxy) is 1. The monoisotopic (exact) mass is 213 g/mol. The van der Waals surface area contributed by atoms with Crippen LogP contribution in [0.15, 0.2) is 12.2 Å². The molecule has 0 aliphatic carbocycles. The third-order valence-corrected chi connectivity index (χ3v) is 1.75. The van der Waals surface area contributed by atoms with E-state index >= 15 is 0 Å². The second kappa shape index (κ2) is 3.25. The normalized spacial score (nSPS) is 35.8. The first-order valence-electron chi connectivity index (χ1n) is 3.20. The quantitative estimate of drug-likeness (QED) is 0.553. The Balaban J connectivity index is 0.000000500. The van der Waals surface area contributed by atoms with Crippen molar-refractivity contribution in [3.05, 3.63) is 12.2 Å². The third-order valence-electron chi connectivity index (χ3n) is 1.75. The average Bonchev–Trinajstić information content (AvgIpc) is 2.11. The molecule has 0 aromatic rings. The maximum absolute atomic E-state index is 10.8. The van der Waals surface area contributed by atoms with Crippen molar-refractivity contribution in [1.82, 2.24) is 0 Å². The SMILES string of the molecule is O=C1CC2C=CC(C1)O2.[Y]. The molecule has 0 N–H and O–H groups in total. The van der Waals surface area contributed by atoms with Crippen LogP contribution in [-0.2, 0) is 42.2 Å². The van der Waals surface area contributed by atoms with Crippen LogP contribution in [0.5, 0.6) is 0 Å². The topological polar surface area (TPSA) is 26.3 Å². The summed E-state index contributed by atoms with van der Waals surface area (Å²) in [6.45, 7) is 0. The van der Waals surface area contributed by atoms with E-state index in [9.17, 15) is 4.79 Å². The Hall–Kier alpha value is 0.474. The van der Waals surface area contributed by atoms with Crippen LogP contribution in [0.25, 0.3) is 0 Å². The number of carbonyl (C=O) groups excluding carboxylic acids is 1. The number of ketones is 1. The molecule has 1 fully saturated rings. The maximum Gasteiger partial charge on any atom is 0.138 e. The van der Waals surface area contributed by atoms with E-state index < -0.39 is 0 Å². The Bertz CT molecular complexity index is 160. The van der Waals surface area contributed by atoms with Gasteiger partial charge in [0.1, 0.15) is 5.78 Å². The van der Waals surface area contributed by atoms with E-state index in [4.69, 9.17) is 4.74 Å². The summed E-state index contributed by atoms with van der Waals surface area (Å²) in [6.07, 6.45) is 5.36. The molecule has 0 saturated carbocycles. The van der Waals surface area contributed by atoms with Gasteiger partial charge in [-0.3, -0.25) is 4.79 Å². The van der Waals surface area contributed by atoms with E-state index in [1.807, 2.05) is 12.2 Å². The minimum Gasteiger partial charge on any atom is -0.366 e. The van der Waals surface area contributed by atoms with Gasteiger partial charge in [0.05, 0.1) is 12.2 Å². The largest absolute Gasteiger partial charge is 0.366 e. The minimum atomic E-state index is 0. The van der Waals surface area contributed by atoms with Crippen LogP contribution in [0, 0.1) is 0 Å². The molecule has 0 spiro atoms. The molecule has 51 valence electrons. The molecule has 2 aliphatic heterocycles. The standard InChI is InChI=1S/C7H8O2.Y/c8-5-3-6-1-2-7(4-5)9-6;/h1-2,6-7H,3-4H2;. The summed E-state index contributed by atoms with van der Waals surface area (Å²) < 4.78 is 5.34. The fourth-order valence-corrected chi connectivity index (χ4v) is 1.33. The van der Waals surface area contributed by atoms with E-state index in [2.05, 4.69) is 0 Å². The van der Waals surface area contributed by atoms with Gasteiger partial charge in [-0.05, 0) is 0 Å². The molecule has 2 aliphatic rings. The summed E-state index contributed by atoms with van der Waals surface area (Å²) in [5.41, 5.74) is 0. The Morgan fingerprint density at radius 2 is 1.80 bits per heavy atom. The zero-order valence-electron chi connectivity index (χ0n) is 5.62. The van der Waals surface area contributed by atoms with Crippen molar-refractivity contribution in [3.8, 4) is 0 Å². The molecule has 2 heterocycles. The van der Waals surface area contributed by atoms with Gasteiger partial charge in [-0.1, -0.05) is 12.2 Å². The number of fused-ring (bicyclic) bond motifs is 2. The van der Waals surface area contributed by atoms with Gasteiger partial charge in [0, 0.05) is 45.6 Å². The predicted octanol–water partition coefficient (Wildman–Crippen LogP) is 0.670. The molecule has 2 unspecified atom stereocenters. The molecule has 0 aromatic carbocycles. The van der Waals surface area contributed by atoms with Crippen LogP contribution in [0.3, 0.4) is 0 Å². The molecule has 0 amide bonds. The van der Waals surface area contributed by atoms with Crippen molar-refractivity contribution in [2.24, 2.45) is 0 Å². The third kappa shape index (κ3) is 1.55. The zero-order valence-corrected chi connectivity index (χ0v) is 8.46. The summed E-state index contributed by atoms with van der Waals surface area (Å²) >= 11 is 0. The number of Topliss-reactive ketones (excluding diaryl/α,β-unsaturated/α-hetero) is 1. The maximum atomic E-state index is 10.8. The second-order valence-corrected chi connectivity index (χ2v) is 2.54. The van der Waals surface area contributed by atoms with Gasteiger partial charge in [0.15, 0.2) is 0 Å². The smallest absolute Gasteiger partial charge is 0.138 e. The summed E-state index contributed by atoms with van der Waals surface area (Å²) in [5.74, 6) is 0.334. The molecular formula is C7H8O2Y. The van der Waals surface area contributed by atoms with Gasteiger partial charge in [0.2, 0.25) is 0 Å². The molecular weight excluding hydrogens is 205 g/mol. The van der Waals surface area contributed by atoms with E-state index in [0.29, 0.717) is 18.6 Å². The van der Waals surface area contributed by atoms with Crippen LogP contribution >= 0.6 is 0 Å². The number of hydrogen-bond donors (Lipinski definition) is 0. The van der Waals surface area contributed by atoms with Crippen LogP contribution in [0.4, 0.5) is 0 Å². The van der Waals surface area contributed by atoms with Crippen molar-refractivity contribution >= 4 is 5.78 Å². The molecule has 10 heavy (non-hydrogen) atoms. The van der Waals surface area contributed by atoms with Gasteiger partial charge in [-0.25, -0.2) is 0 Å². The van der Waals surface area contributed by atoms with Crippen molar-refractivity contribution in [2.75, 3.05) is 0 Å². The minimum absolute atomic E-state index is 0. The summed E-state index contributed by atoms with van der Waals surface area (Å²) in [5, 5.41) is 0. The fourth-order valence-electron chi connectivity index (χ4n) is 1.33. The van der Waals surface area contributed by atoms with Crippen molar-refractivity contribution in [1.29, 1.82) is 0 Å². The summed E-state index contributed by atoms with van der Waals surface area (Å²) in [7, 11) is 0. The Labute approximate surface area is 84.9 Å². The van der Waals surface area contributed by atoms with Crippen molar-refractivity contribution < 1.29 is 42.2 Å². The Morgan fingerprint density at radius 1 is 1.30 bits per heavy atom. The fraction of sp³-hybridized carbons (Fsp3) is 0.571. The van der Waals surface area contributed by atoms with Crippen molar-refractivity contribution in [3.63, 3.8) is 0 Å². The molecule has 1 radical (unpaired) electrons. The van der Waals surface area contributed by atoms with Gasteiger partial charge in [-0.2, -0.15) is 0 Å². The van der Waals surface area contributed by atoms with Gasteiger partial charge < -0.3 is 4.74 Å². The second-order valence-electron chi connectivity index (χ2n) is 2.54. The molecule has 2 rings (SSSR count). The van der Waals surface area contributed by atoms with Crippen LogP contribution in [0.2, 0.25) is 0 Å². The summed E-state index contributed by atoms with van der Waals surface area (Å²) in [6, 6.07) is 0. The van der Waals surface area contributed by atoms with E-state index in [1.54, 1.807) is 0 Å². The Morgan fingerprint density at radius 3 is 2.30 bits per heavy atom. The first-order valence-corrected chi connectivity index (χ1v) is 3.20. The van der Waals surface area contributed by atoms with Crippen LogP contribution < -0.4 is 0 Å². The van der Waals surface area contributed by atoms with E-state index in [0.717, 1.165) is 0 Å². The van der Waals surface area contributed by atoms with Gasteiger partial charge in [0.25, 0.3) is 0 Å². The first-order chi connectivity index (χ1) is 4.34. The molecule has 2 nitrogen and oxygen atoms in total. The number of rotatable bonds is 0. The van der Waals surface area contributed by atoms with Crippen molar-refractivity contribution in [2.45, 2.75) is 25.0 Å². The van der Waals surface area contributed by atoms with Gasteiger partial charge in [-0.15, -0.1) is 0 Å². The predicted molar refractivity (Wildman–Crippen MR) is 32.0 cm³/mol. The molecule has 0 aromatic heterocycles. The zero-order chi connectivity index (χ0) is 6.27. The first kappa shape index (κ1) is 8.57. The van der Waals surface area contributed by atoms with E-state index in [1.165, 1.54) is 0 Å². The molecule has 2 atom stereocenters. The molecule has 3 heteroatoms. The van der Waals surface area contributed by atoms with Gasteiger partial charge >= 0.3 is 0 Å². The van der Waals surface area contributed by atoms with E-state index in [-0.39, 0.29) is 44.9 Å². The molecule has 1 saturated heterocycles. The Kier molecular flexibility index (Phi) is 2.78. The summed E-state index contributed by atoms with van der Waals surface area (Å²) in [4.78, 5) is 10.8. The van der Waals surface area contributed by atoms with Crippen LogP contribution in [0.1, 0.15) is 12.8 Å². The number of carbonyl (C=O) groups is 1. The average molecular weight is 213 g/mol. The molecule has 2 bridgehead atoms. The number of hydrogen-bond acceptors (Lipinski definition) is 2. The van der Waals surface area contributed by atoms with Crippen LogP contribution in [-0.4, -0.2) is 18.0 Å².